The van der Waals surface area contributed by atoms with Crippen LogP contribution in [0.5, 0.6) is 0 Å². The van der Waals surface area contributed by atoms with E-state index < -0.39 is 17.0 Å². The molecule has 3 aromatic carbocycles. The predicted octanol–water partition coefficient (Wildman–Crippen LogP) is 4.64. The zero-order valence-corrected chi connectivity index (χ0v) is 19.3. The van der Waals surface area contributed by atoms with Gasteiger partial charge in [0.15, 0.2) is 0 Å². The van der Waals surface area contributed by atoms with E-state index in [1.54, 1.807) is 0 Å². The first-order valence-electron chi connectivity index (χ1n) is 11.5. The van der Waals surface area contributed by atoms with Crippen LogP contribution in [0.1, 0.15) is 29.5 Å². The molecule has 2 atom stereocenters. The summed E-state index contributed by atoms with van der Waals surface area (Å²) in [6.07, 6.45) is 1.44. The van der Waals surface area contributed by atoms with Crippen molar-refractivity contribution in [1.29, 1.82) is 0 Å². The first-order chi connectivity index (χ1) is 16.3. The van der Waals surface area contributed by atoms with Crippen molar-refractivity contribution in [3.8, 4) is 11.8 Å². The Bertz CT molecular complexity index is 1160. The number of primary amides is 1. The molecule has 2 N–H and O–H groups in total. The molecule has 0 aliphatic carbocycles. The highest BCUT2D eigenvalue weighted by molar-refractivity contribution is 5.91. The average Bonchev–Trinajstić information content (AvgIpc) is 3.20. The third-order valence-corrected chi connectivity index (χ3v) is 7.01. The summed E-state index contributed by atoms with van der Waals surface area (Å²) in [7, 11) is 2.17. The highest BCUT2D eigenvalue weighted by Crippen LogP contribution is 2.45. The standard InChI is InChI=1S/C29H28F2N2O/c1-33(16-9-8-10-22-18-26(30)20-27(31)19-22)17-15-25(21-33)29(28(32)34,23-11-4-2-5-12-23)24-13-6-3-7-14-24/h2-7,11-14,18-20,25H,9,15-17,21H2,1H3,(H-,32,34)/p+1/t25-,33?/m1/s1. The molecule has 1 amide bonds. The molecular weight excluding hydrogens is 430 g/mol. The molecule has 1 saturated heterocycles. The van der Waals surface area contributed by atoms with Gasteiger partial charge in [0.1, 0.15) is 17.0 Å². The highest BCUT2D eigenvalue weighted by atomic mass is 19.1. The number of nitrogens with zero attached hydrogens (tertiary/aromatic N) is 1. The lowest BCUT2D eigenvalue weighted by molar-refractivity contribution is -0.898. The van der Waals surface area contributed by atoms with Crippen LogP contribution in [0.25, 0.3) is 0 Å². The van der Waals surface area contributed by atoms with Gasteiger partial charge in [0.2, 0.25) is 5.91 Å². The predicted molar refractivity (Wildman–Crippen MR) is 130 cm³/mol. The average molecular weight is 460 g/mol. The van der Waals surface area contributed by atoms with E-state index in [1.807, 2.05) is 60.7 Å². The quantitative estimate of drug-likeness (QED) is 0.423. The summed E-state index contributed by atoms with van der Waals surface area (Å²) in [6, 6.07) is 22.9. The molecule has 0 radical (unpaired) electrons. The third kappa shape index (κ3) is 4.73. The minimum Gasteiger partial charge on any atom is -0.369 e. The minimum atomic E-state index is -0.913. The van der Waals surface area contributed by atoms with Crippen LogP contribution in [0.4, 0.5) is 8.78 Å². The van der Waals surface area contributed by atoms with Crippen molar-refractivity contribution in [3.63, 3.8) is 0 Å². The Kier molecular flexibility index (Phi) is 6.81. The maximum atomic E-state index is 13.4. The van der Waals surface area contributed by atoms with Crippen molar-refractivity contribution in [1.82, 2.24) is 0 Å². The number of quaternary nitrogens is 1. The fourth-order valence-electron chi connectivity index (χ4n) is 5.38. The summed E-state index contributed by atoms with van der Waals surface area (Å²) in [5, 5.41) is 0. The molecule has 34 heavy (non-hydrogen) atoms. The molecule has 1 unspecified atom stereocenters. The van der Waals surface area contributed by atoms with E-state index in [0.29, 0.717) is 12.0 Å². The van der Waals surface area contributed by atoms with E-state index in [0.717, 1.165) is 47.7 Å². The summed E-state index contributed by atoms with van der Waals surface area (Å²) in [5.74, 6) is 4.36. The van der Waals surface area contributed by atoms with Gasteiger partial charge in [0.25, 0.3) is 0 Å². The van der Waals surface area contributed by atoms with Crippen LogP contribution in [-0.2, 0) is 10.2 Å². The van der Waals surface area contributed by atoms with E-state index in [4.69, 9.17) is 5.73 Å². The number of benzene rings is 3. The largest absolute Gasteiger partial charge is 0.369 e. The van der Waals surface area contributed by atoms with E-state index in [2.05, 4.69) is 18.9 Å². The van der Waals surface area contributed by atoms with Gasteiger partial charge in [-0.1, -0.05) is 72.5 Å². The zero-order chi connectivity index (χ0) is 24.2. The van der Waals surface area contributed by atoms with E-state index in [9.17, 15) is 13.6 Å². The molecule has 1 aliphatic rings. The Morgan fingerprint density at radius 3 is 2.09 bits per heavy atom. The minimum absolute atomic E-state index is 0.0325. The molecular formula is C29H29F2N2O+. The second kappa shape index (κ2) is 9.79. The Balaban J connectivity index is 1.58. The number of hydrogen-bond donors (Lipinski definition) is 1. The number of hydrogen-bond acceptors (Lipinski definition) is 1. The maximum Gasteiger partial charge on any atom is 0.233 e. The van der Waals surface area contributed by atoms with Gasteiger partial charge in [-0.25, -0.2) is 8.78 Å². The van der Waals surface area contributed by atoms with Crippen molar-refractivity contribution >= 4 is 5.91 Å². The van der Waals surface area contributed by atoms with Crippen LogP contribution in [0.3, 0.4) is 0 Å². The Hall–Kier alpha value is -3.49. The molecule has 1 fully saturated rings. The fraction of sp³-hybridized carbons (Fsp3) is 0.276. The number of halogens is 2. The van der Waals surface area contributed by atoms with Crippen molar-refractivity contribution in [2.24, 2.45) is 11.7 Å². The van der Waals surface area contributed by atoms with Gasteiger partial charge in [0.05, 0.1) is 33.1 Å². The number of carbonyl (C=O) groups is 1. The molecule has 4 rings (SSSR count). The lowest BCUT2D eigenvalue weighted by atomic mass is 9.64. The van der Waals surface area contributed by atoms with Crippen molar-refractivity contribution < 1.29 is 18.1 Å². The SMILES string of the molecule is C[N+]1(CCC#Cc2cc(F)cc(F)c2)CC[C@@H](C(C(N)=O)(c2ccccc2)c2ccccc2)C1. The van der Waals surface area contributed by atoms with Gasteiger partial charge in [-0.15, -0.1) is 0 Å². The van der Waals surface area contributed by atoms with Crippen LogP contribution in [-0.4, -0.2) is 37.1 Å². The highest BCUT2D eigenvalue weighted by Gasteiger charge is 2.53. The third-order valence-electron chi connectivity index (χ3n) is 7.01. The molecule has 3 nitrogen and oxygen atoms in total. The summed E-state index contributed by atoms with van der Waals surface area (Å²) >= 11 is 0. The van der Waals surface area contributed by atoms with Gasteiger partial charge in [-0.3, -0.25) is 4.79 Å². The van der Waals surface area contributed by atoms with Crippen LogP contribution in [0, 0.1) is 29.4 Å². The maximum absolute atomic E-state index is 13.4. The summed E-state index contributed by atoms with van der Waals surface area (Å²) in [4.78, 5) is 13.2. The van der Waals surface area contributed by atoms with Crippen molar-refractivity contribution in [3.05, 3.63) is 107 Å². The van der Waals surface area contributed by atoms with Gasteiger partial charge in [-0.2, -0.15) is 0 Å². The number of amides is 1. The molecule has 0 aromatic heterocycles. The number of nitrogens with two attached hydrogens (primary N) is 1. The normalized spacial score (nSPS) is 19.9. The summed E-state index contributed by atoms with van der Waals surface area (Å²) in [5.41, 5.74) is 7.44. The van der Waals surface area contributed by atoms with E-state index >= 15 is 0 Å². The summed E-state index contributed by atoms with van der Waals surface area (Å²) < 4.78 is 27.5. The van der Waals surface area contributed by atoms with Gasteiger partial charge >= 0.3 is 0 Å². The molecule has 174 valence electrons. The van der Waals surface area contributed by atoms with Crippen LogP contribution >= 0.6 is 0 Å². The Morgan fingerprint density at radius 1 is 1.00 bits per heavy atom. The van der Waals surface area contributed by atoms with E-state index in [1.165, 1.54) is 12.1 Å². The smallest absolute Gasteiger partial charge is 0.233 e. The summed E-state index contributed by atoms with van der Waals surface area (Å²) in [6.45, 7) is 2.46. The molecule has 3 aromatic rings. The molecule has 1 heterocycles. The van der Waals surface area contributed by atoms with E-state index in [-0.39, 0.29) is 11.8 Å². The number of rotatable bonds is 6. The van der Waals surface area contributed by atoms with Gasteiger partial charge < -0.3 is 10.2 Å². The Labute approximate surface area is 199 Å². The van der Waals surface area contributed by atoms with Crippen LogP contribution < -0.4 is 5.73 Å². The molecule has 0 spiro atoms. The fourth-order valence-corrected chi connectivity index (χ4v) is 5.38. The lowest BCUT2D eigenvalue weighted by Gasteiger charge is -2.38. The molecule has 0 bridgehead atoms. The second-order valence-corrected chi connectivity index (χ2v) is 9.35. The zero-order valence-electron chi connectivity index (χ0n) is 19.3. The Morgan fingerprint density at radius 2 is 1.56 bits per heavy atom. The molecule has 1 aliphatic heterocycles. The lowest BCUT2D eigenvalue weighted by Crippen LogP contribution is -2.51. The topological polar surface area (TPSA) is 43.1 Å². The first-order valence-corrected chi connectivity index (χ1v) is 11.5. The molecule has 5 heteroatoms. The van der Waals surface area contributed by atoms with Crippen LogP contribution in [0.2, 0.25) is 0 Å². The number of carbonyl (C=O) groups excluding carboxylic acids is 1. The monoisotopic (exact) mass is 459 g/mol. The first kappa shape index (κ1) is 23.7. The van der Waals surface area contributed by atoms with Crippen molar-refractivity contribution in [2.75, 3.05) is 26.7 Å². The van der Waals surface area contributed by atoms with Gasteiger partial charge in [0, 0.05) is 24.0 Å². The second-order valence-electron chi connectivity index (χ2n) is 9.35. The van der Waals surface area contributed by atoms with Gasteiger partial charge in [-0.05, 0) is 23.3 Å². The van der Waals surface area contributed by atoms with Crippen LogP contribution in [0.15, 0.2) is 78.9 Å². The van der Waals surface area contributed by atoms with Crippen molar-refractivity contribution in [2.45, 2.75) is 18.3 Å². The number of likely N-dealkylation sites (tertiary alicyclic amines) is 1. The molecule has 0 saturated carbocycles.